The molecule has 0 bridgehead atoms. The number of hydrogen-bond donors (Lipinski definition) is 2. The number of sulfonamides is 1. The Labute approximate surface area is 232 Å². The van der Waals surface area contributed by atoms with Crippen molar-refractivity contribution in [3.63, 3.8) is 0 Å². The predicted octanol–water partition coefficient (Wildman–Crippen LogP) is 2.87. The molecule has 14 heteroatoms. The van der Waals surface area contributed by atoms with Crippen molar-refractivity contribution in [3.8, 4) is 5.75 Å². The Morgan fingerprint density at radius 2 is 1.89 bits per heavy atom. The van der Waals surface area contributed by atoms with Crippen LogP contribution >= 0.6 is 11.3 Å². The minimum absolute atomic E-state index is 0.00591. The standard InChI is InChI=1S/C24H38N6O5S3/c1-15(2)19(18-12-16(13-35-18)24(3,4)5)29(7)22-21(26-37(32)27-22)25-17-14-36-23(20(17)31)38(33,34)30-10-8-28(6)9-11-30/h13-15,18-19,31H,8-12H2,1-7H3,(H,25,26)/t18?,19-,37?/m1/s1. The van der Waals surface area contributed by atoms with Gasteiger partial charge in [-0.05, 0) is 24.0 Å². The maximum absolute atomic E-state index is 13.2. The van der Waals surface area contributed by atoms with E-state index in [-0.39, 0.29) is 45.0 Å². The highest BCUT2D eigenvalue weighted by molar-refractivity contribution is 7.91. The molecule has 38 heavy (non-hydrogen) atoms. The molecule has 1 aromatic rings. The average molecular weight is 587 g/mol. The molecule has 1 aromatic heterocycles. The molecule has 212 valence electrons. The molecule has 2 N–H and O–H groups in total. The van der Waals surface area contributed by atoms with E-state index >= 15 is 0 Å². The summed E-state index contributed by atoms with van der Waals surface area (Å²) in [5.41, 5.74) is 1.40. The molecule has 1 fully saturated rings. The number of thiophene rings is 1. The molecule has 0 spiro atoms. The van der Waals surface area contributed by atoms with Crippen LogP contribution in [0.15, 0.2) is 30.2 Å². The molecule has 0 radical (unpaired) electrons. The van der Waals surface area contributed by atoms with Gasteiger partial charge in [0.05, 0.1) is 18.0 Å². The van der Waals surface area contributed by atoms with Crippen LogP contribution in [0.5, 0.6) is 5.75 Å². The number of piperazine rings is 1. The van der Waals surface area contributed by atoms with Crippen molar-refractivity contribution >= 4 is 49.9 Å². The molecule has 3 atom stereocenters. The first-order valence-corrected chi connectivity index (χ1v) is 16.0. The van der Waals surface area contributed by atoms with Gasteiger partial charge in [0.15, 0.2) is 21.6 Å². The highest BCUT2D eigenvalue weighted by Gasteiger charge is 2.39. The summed E-state index contributed by atoms with van der Waals surface area (Å²) in [7, 11) is -0.0467. The van der Waals surface area contributed by atoms with Crippen LogP contribution in [0.1, 0.15) is 41.0 Å². The van der Waals surface area contributed by atoms with Crippen LogP contribution < -0.4 is 5.32 Å². The molecule has 2 unspecified atom stereocenters. The number of nitrogens with zero attached hydrogens (tertiary/aromatic N) is 5. The van der Waals surface area contributed by atoms with Crippen molar-refractivity contribution in [1.82, 2.24) is 14.1 Å². The Kier molecular flexibility index (Phi) is 8.30. The third kappa shape index (κ3) is 5.79. The molecule has 0 aromatic carbocycles. The number of anilines is 1. The van der Waals surface area contributed by atoms with E-state index in [9.17, 15) is 17.7 Å². The Hall–Kier alpha value is -2.00. The van der Waals surface area contributed by atoms with Crippen molar-refractivity contribution in [2.75, 3.05) is 45.6 Å². The summed E-state index contributed by atoms with van der Waals surface area (Å²) in [6, 6.07) is -0.101. The van der Waals surface area contributed by atoms with Gasteiger partial charge >= 0.3 is 0 Å². The van der Waals surface area contributed by atoms with Crippen molar-refractivity contribution in [2.24, 2.45) is 20.1 Å². The Balaban J connectivity index is 1.53. The lowest BCUT2D eigenvalue weighted by Crippen LogP contribution is -2.50. The van der Waals surface area contributed by atoms with Gasteiger partial charge in [0.2, 0.25) is 0 Å². The lowest BCUT2D eigenvalue weighted by Gasteiger charge is -2.36. The minimum atomic E-state index is -3.85. The normalized spacial score (nSPS) is 24.2. The van der Waals surface area contributed by atoms with Crippen molar-refractivity contribution in [2.45, 2.75) is 57.4 Å². The maximum Gasteiger partial charge on any atom is 0.269 e. The fraction of sp³-hybridized carbons (Fsp3) is 0.667. The fourth-order valence-corrected chi connectivity index (χ4v) is 8.36. The summed E-state index contributed by atoms with van der Waals surface area (Å²) in [6.45, 7) is 12.6. The Morgan fingerprint density at radius 1 is 1.24 bits per heavy atom. The van der Waals surface area contributed by atoms with Gasteiger partial charge in [-0.3, -0.25) is 0 Å². The first-order chi connectivity index (χ1) is 17.7. The summed E-state index contributed by atoms with van der Waals surface area (Å²) in [4.78, 5) is 3.97. The summed E-state index contributed by atoms with van der Waals surface area (Å²) in [5.74, 6) is 0.361. The maximum atomic E-state index is 13.2. The van der Waals surface area contributed by atoms with Gasteiger partial charge in [-0.15, -0.1) is 20.1 Å². The Morgan fingerprint density at radius 3 is 2.47 bits per heavy atom. The van der Waals surface area contributed by atoms with E-state index in [0.717, 1.165) is 17.8 Å². The largest absolute Gasteiger partial charge is 0.504 e. The van der Waals surface area contributed by atoms with Gasteiger partial charge in [0.25, 0.3) is 21.2 Å². The predicted molar refractivity (Wildman–Crippen MR) is 152 cm³/mol. The van der Waals surface area contributed by atoms with Crippen LogP contribution in [0.2, 0.25) is 0 Å². The van der Waals surface area contributed by atoms with Gasteiger partial charge in [-0.1, -0.05) is 34.6 Å². The number of hydrogen-bond acceptors (Lipinski definition) is 9. The van der Waals surface area contributed by atoms with Crippen molar-refractivity contribution in [1.29, 1.82) is 0 Å². The topological polar surface area (TPSA) is 127 Å². The molecule has 4 heterocycles. The Bertz CT molecular complexity index is 1270. The molecule has 0 aliphatic carbocycles. The third-order valence-corrected chi connectivity index (χ3v) is 11.2. The van der Waals surface area contributed by atoms with E-state index in [2.05, 4.69) is 53.6 Å². The number of ether oxygens (including phenoxy) is 1. The van der Waals surface area contributed by atoms with Gasteiger partial charge < -0.3 is 25.0 Å². The molecule has 11 nitrogen and oxygen atoms in total. The molecule has 3 aliphatic heterocycles. The first-order valence-electron chi connectivity index (χ1n) is 12.6. The van der Waals surface area contributed by atoms with Gasteiger partial charge in [0.1, 0.15) is 6.10 Å². The number of amidine groups is 2. The smallest absolute Gasteiger partial charge is 0.269 e. The van der Waals surface area contributed by atoms with Crippen LogP contribution in [0.4, 0.5) is 5.69 Å². The third-order valence-electron chi connectivity index (χ3n) is 7.18. The number of likely N-dealkylation sites (N-methyl/N-ethyl adjacent to an activating group) is 2. The van der Waals surface area contributed by atoms with E-state index in [1.54, 1.807) is 0 Å². The zero-order valence-electron chi connectivity index (χ0n) is 23.0. The SMILES string of the molecule is CC(C)[C@H](C1CC(C(C)(C)C)=CO1)N(C)C1=NS(=O)N=C1Nc1csc(S(=O)(=O)N2CCN(C)CC2)c1O. The van der Waals surface area contributed by atoms with E-state index in [0.29, 0.717) is 32.0 Å². The van der Waals surface area contributed by atoms with Crippen molar-refractivity contribution in [3.05, 3.63) is 17.2 Å². The van der Waals surface area contributed by atoms with E-state index in [4.69, 9.17) is 4.74 Å². The summed E-state index contributed by atoms with van der Waals surface area (Å²) >= 11 is -0.907. The quantitative estimate of drug-likeness (QED) is 0.521. The second-order valence-electron chi connectivity index (χ2n) is 11.3. The zero-order valence-corrected chi connectivity index (χ0v) is 25.4. The van der Waals surface area contributed by atoms with Crippen LogP contribution in [0.25, 0.3) is 0 Å². The van der Waals surface area contributed by atoms with Crippen LogP contribution in [-0.4, -0.2) is 95.9 Å². The van der Waals surface area contributed by atoms with Gasteiger partial charge in [-0.25, -0.2) is 12.6 Å². The molecule has 3 aliphatic rings. The summed E-state index contributed by atoms with van der Waals surface area (Å²) in [6.07, 6.45) is 2.50. The highest BCUT2D eigenvalue weighted by Crippen LogP contribution is 2.40. The molecular formula is C24H38N6O5S3. The van der Waals surface area contributed by atoms with Crippen LogP contribution in [0.3, 0.4) is 0 Å². The van der Waals surface area contributed by atoms with Gasteiger partial charge in [-0.2, -0.15) is 4.31 Å². The van der Waals surface area contributed by atoms with Crippen LogP contribution in [0, 0.1) is 11.3 Å². The second kappa shape index (κ2) is 10.9. The van der Waals surface area contributed by atoms with E-state index < -0.39 is 21.2 Å². The molecule has 0 saturated carbocycles. The highest BCUT2D eigenvalue weighted by atomic mass is 32.2. The summed E-state index contributed by atoms with van der Waals surface area (Å²) in [5, 5.41) is 15.4. The van der Waals surface area contributed by atoms with E-state index in [1.165, 1.54) is 15.3 Å². The number of rotatable bonds is 6. The molecule has 1 saturated heterocycles. The lowest BCUT2D eigenvalue weighted by atomic mass is 9.83. The first kappa shape index (κ1) is 29.0. The van der Waals surface area contributed by atoms with Crippen molar-refractivity contribution < 1.29 is 22.5 Å². The summed E-state index contributed by atoms with van der Waals surface area (Å²) < 4.78 is 54.5. The zero-order chi connectivity index (χ0) is 28.0. The average Bonchev–Trinajstić information content (AvgIpc) is 3.54. The minimum Gasteiger partial charge on any atom is -0.504 e. The lowest BCUT2D eigenvalue weighted by molar-refractivity contribution is 0.0709. The number of aromatic hydroxyl groups is 1. The molecule has 4 rings (SSSR count). The van der Waals surface area contributed by atoms with E-state index in [1.807, 2.05) is 25.3 Å². The second-order valence-corrected chi connectivity index (χ2v) is 15.2. The molecular weight excluding hydrogens is 549 g/mol. The number of nitrogens with one attached hydrogen (secondary N) is 1. The van der Waals surface area contributed by atoms with Crippen LogP contribution in [-0.2, 0) is 25.9 Å². The monoisotopic (exact) mass is 586 g/mol. The molecule has 0 amide bonds. The van der Waals surface area contributed by atoms with Gasteiger partial charge in [0, 0.05) is 45.0 Å². The fourth-order valence-electron chi connectivity index (χ4n) is 4.88.